The highest BCUT2D eigenvalue weighted by Crippen LogP contribution is 2.46. The van der Waals surface area contributed by atoms with E-state index in [2.05, 4.69) is 10.1 Å². The summed E-state index contributed by atoms with van der Waals surface area (Å²) in [5.74, 6) is 0.660. The molecule has 41 heavy (non-hydrogen) atoms. The van der Waals surface area contributed by atoms with E-state index in [1.165, 1.54) is 0 Å². The lowest BCUT2D eigenvalue weighted by Gasteiger charge is -2.28. The maximum atomic E-state index is 14.1. The summed E-state index contributed by atoms with van der Waals surface area (Å²) in [6, 6.07) is 15.3. The number of nitrogens with two attached hydrogens (primary N) is 1. The summed E-state index contributed by atoms with van der Waals surface area (Å²) in [4.78, 5) is 22.0. The molecular formula is C29H38N5O6P. The minimum atomic E-state index is -4.10. The molecule has 4 rings (SSSR count). The smallest absolute Gasteiger partial charge is 0.459 e. The minimum absolute atomic E-state index is 0.233. The van der Waals surface area contributed by atoms with E-state index in [1.54, 1.807) is 58.9 Å². The fourth-order valence-electron chi connectivity index (χ4n) is 4.31. The highest BCUT2D eigenvalue weighted by atomic mass is 31.2. The van der Waals surface area contributed by atoms with Crippen molar-refractivity contribution in [3.05, 3.63) is 60.4 Å². The van der Waals surface area contributed by atoms with Crippen molar-refractivity contribution in [1.29, 1.82) is 0 Å². The van der Waals surface area contributed by atoms with Crippen molar-refractivity contribution in [2.24, 2.45) is 0 Å². The summed E-state index contributed by atoms with van der Waals surface area (Å²) in [7, 11) is -4.10. The molecule has 0 aliphatic carbocycles. The first-order valence-corrected chi connectivity index (χ1v) is 15.1. The average molecular weight is 584 g/mol. The van der Waals surface area contributed by atoms with Crippen molar-refractivity contribution in [3.63, 3.8) is 0 Å². The van der Waals surface area contributed by atoms with Gasteiger partial charge in [0.15, 0.2) is 5.82 Å². The van der Waals surface area contributed by atoms with Gasteiger partial charge in [-0.2, -0.15) is 5.09 Å². The second kappa shape index (κ2) is 12.6. The van der Waals surface area contributed by atoms with Crippen molar-refractivity contribution in [1.82, 2.24) is 19.6 Å². The molecule has 1 unspecified atom stereocenters. The van der Waals surface area contributed by atoms with E-state index in [9.17, 15) is 9.36 Å². The van der Waals surface area contributed by atoms with E-state index in [-0.39, 0.29) is 13.2 Å². The van der Waals surface area contributed by atoms with Crippen molar-refractivity contribution < 1.29 is 27.9 Å². The van der Waals surface area contributed by atoms with Crippen LogP contribution in [0.1, 0.15) is 47.4 Å². The number of carbonyl (C=O) groups excluding carboxylic acids is 1. The Morgan fingerprint density at radius 1 is 1.07 bits per heavy atom. The van der Waals surface area contributed by atoms with Gasteiger partial charge < -0.3 is 24.3 Å². The van der Waals surface area contributed by atoms with E-state index in [4.69, 9.17) is 29.2 Å². The Balaban J connectivity index is 1.68. The standard InChI is InChI=1S/C29H38N5O6P/c1-7-37-18-24-32-25-26(22-15-11-12-16-23(22)31-27(25)30)34(24)17-19(2)39-41(36,40-21-13-9-8-10-14-21)33-20(3)28(35)38-29(4,5)6/h8-16,19-20H,7,17-18H2,1-6H3,(H2,30,31)(H,33,36)/t19-,20+,41?/m1/s1. The lowest BCUT2D eigenvalue weighted by Crippen LogP contribution is -2.39. The number of hydrogen-bond donors (Lipinski definition) is 2. The Morgan fingerprint density at radius 3 is 2.44 bits per heavy atom. The molecule has 0 aliphatic heterocycles. The molecule has 3 atom stereocenters. The third-order valence-electron chi connectivity index (χ3n) is 5.96. The van der Waals surface area contributed by atoms with Gasteiger partial charge in [0.2, 0.25) is 0 Å². The van der Waals surface area contributed by atoms with Crippen molar-refractivity contribution in [2.75, 3.05) is 12.3 Å². The topological polar surface area (TPSA) is 140 Å². The molecule has 0 bridgehead atoms. The molecule has 2 aromatic carbocycles. The van der Waals surface area contributed by atoms with Crippen LogP contribution in [0.3, 0.4) is 0 Å². The van der Waals surface area contributed by atoms with E-state index in [0.717, 1.165) is 16.4 Å². The van der Waals surface area contributed by atoms with Crippen LogP contribution in [0.15, 0.2) is 54.6 Å². The molecule has 0 radical (unpaired) electrons. The highest BCUT2D eigenvalue weighted by molar-refractivity contribution is 7.52. The summed E-state index contributed by atoms with van der Waals surface area (Å²) in [5.41, 5.74) is 7.62. The van der Waals surface area contributed by atoms with Crippen LogP contribution in [0.2, 0.25) is 0 Å². The number of rotatable bonds is 12. The fourth-order valence-corrected chi connectivity index (χ4v) is 5.99. The maximum absolute atomic E-state index is 14.1. The zero-order valence-corrected chi connectivity index (χ0v) is 25.2. The second-order valence-electron chi connectivity index (χ2n) is 10.7. The molecule has 0 saturated heterocycles. The van der Waals surface area contributed by atoms with Gasteiger partial charge in [0.1, 0.15) is 35.3 Å². The lowest BCUT2D eigenvalue weighted by molar-refractivity contribution is -0.156. The predicted octanol–water partition coefficient (Wildman–Crippen LogP) is 5.62. The first-order valence-electron chi connectivity index (χ1n) is 13.5. The number of hydrogen-bond acceptors (Lipinski definition) is 9. The van der Waals surface area contributed by atoms with Gasteiger partial charge in [-0.05, 0) is 59.7 Å². The van der Waals surface area contributed by atoms with Gasteiger partial charge in [-0.25, -0.2) is 14.5 Å². The van der Waals surface area contributed by atoms with Gasteiger partial charge in [0.05, 0.1) is 23.7 Å². The van der Waals surface area contributed by atoms with Crippen LogP contribution < -0.4 is 15.3 Å². The maximum Gasteiger partial charge on any atom is 0.459 e. The van der Waals surface area contributed by atoms with E-state index >= 15 is 0 Å². The Kier molecular flexibility index (Phi) is 9.34. The van der Waals surface area contributed by atoms with Gasteiger partial charge in [-0.3, -0.25) is 9.32 Å². The number of imidazole rings is 1. The van der Waals surface area contributed by atoms with Crippen LogP contribution in [-0.4, -0.2) is 44.9 Å². The van der Waals surface area contributed by atoms with Crippen molar-refractivity contribution in [2.45, 2.75) is 72.4 Å². The number of benzene rings is 2. The Hall–Kier alpha value is -3.50. The third-order valence-corrected chi connectivity index (χ3v) is 7.76. The molecule has 0 spiro atoms. The van der Waals surface area contributed by atoms with Crippen LogP contribution in [0.25, 0.3) is 21.9 Å². The quantitative estimate of drug-likeness (QED) is 0.160. The number of nitrogens with zero attached hydrogens (tertiary/aromatic N) is 3. The largest absolute Gasteiger partial charge is 0.459 e. The molecule has 4 aromatic rings. The van der Waals surface area contributed by atoms with Gasteiger partial charge in [0.25, 0.3) is 0 Å². The molecule has 0 aliphatic rings. The summed E-state index contributed by atoms with van der Waals surface area (Å²) in [6.45, 7) is 11.5. The second-order valence-corrected chi connectivity index (χ2v) is 12.3. The fraction of sp³-hybridized carbons (Fsp3) is 0.414. The normalized spacial score (nSPS) is 15.0. The Labute approximate surface area is 239 Å². The SMILES string of the molecule is CCOCc1nc2c(N)nc3ccccc3c2n1C[C@@H](C)OP(=O)(N[C@@H](C)C(=O)OC(C)(C)C)Oc1ccccc1. The van der Waals surface area contributed by atoms with Gasteiger partial charge in [-0.1, -0.05) is 36.4 Å². The zero-order valence-electron chi connectivity index (χ0n) is 24.3. The molecule has 0 fully saturated rings. The van der Waals surface area contributed by atoms with E-state index in [0.29, 0.717) is 29.5 Å². The number of aromatic nitrogens is 3. The van der Waals surface area contributed by atoms with E-state index < -0.39 is 31.5 Å². The minimum Gasteiger partial charge on any atom is -0.459 e. The molecule has 11 nitrogen and oxygen atoms in total. The third kappa shape index (κ3) is 7.62. The van der Waals surface area contributed by atoms with E-state index in [1.807, 2.05) is 41.8 Å². The Bertz CT molecular complexity index is 1550. The predicted molar refractivity (Wildman–Crippen MR) is 158 cm³/mol. The number of carbonyl (C=O) groups is 1. The van der Waals surface area contributed by atoms with Gasteiger partial charge in [0, 0.05) is 12.0 Å². The van der Waals surface area contributed by atoms with Crippen LogP contribution in [0.5, 0.6) is 5.75 Å². The van der Waals surface area contributed by atoms with Crippen LogP contribution in [0, 0.1) is 0 Å². The Morgan fingerprint density at radius 2 is 1.76 bits per heavy atom. The molecule has 220 valence electrons. The van der Waals surface area contributed by atoms with Crippen molar-refractivity contribution in [3.8, 4) is 5.75 Å². The first kappa shape index (κ1) is 30.5. The summed E-state index contributed by atoms with van der Waals surface area (Å²) >= 11 is 0. The van der Waals surface area contributed by atoms with Crippen LogP contribution >= 0.6 is 7.75 Å². The number of nitrogen functional groups attached to an aromatic ring is 1. The van der Waals surface area contributed by atoms with Gasteiger partial charge in [-0.15, -0.1) is 0 Å². The number of esters is 1. The molecule has 0 saturated carbocycles. The molecule has 2 aromatic heterocycles. The molecular weight excluding hydrogens is 545 g/mol. The molecule has 12 heteroatoms. The summed E-state index contributed by atoms with van der Waals surface area (Å²) in [6.07, 6.45) is -0.672. The number of anilines is 1. The first-order chi connectivity index (χ1) is 19.4. The van der Waals surface area contributed by atoms with Crippen LogP contribution in [-0.2, 0) is 36.5 Å². The molecule has 0 amide bonds. The van der Waals surface area contributed by atoms with Gasteiger partial charge >= 0.3 is 13.7 Å². The molecule has 2 heterocycles. The summed E-state index contributed by atoms with van der Waals surface area (Å²) < 4.78 is 39.2. The number of nitrogens with one attached hydrogen (secondary N) is 1. The highest BCUT2D eigenvalue weighted by Gasteiger charge is 2.35. The summed E-state index contributed by atoms with van der Waals surface area (Å²) in [5, 5.41) is 3.62. The molecule has 3 N–H and O–H groups in total. The number of para-hydroxylation sites is 2. The monoisotopic (exact) mass is 583 g/mol. The van der Waals surface area contributed by atoms with Crippen molar-refractivity contribution >= 4 is 41.5 Å². The number of fused-ring (bicyclic) bond motifs is 3. The lowest BCUT2D eigenvalue weighted by atomic mass is 10.2. The number of pyridine rings is 1. The number of ether oxygens (including phenoxy) is 2. The van der Waals surface area contributed by atoms with Crippen LogP contribution in [0.4, 0.5) is 5.82 Å². The zero-order chi connectivity index (χ0) is 29.8. The average Bonchev–Trinajstić information content (AvgIpc) is 3.25.